The van der Waals surface area contributed by atoms with Crippen molar-refractivity contribution in [2.45, 2.75) is 25.8 Å². The van der Waals surface area contributed by atoms with Crippen LogP contribution in [0.2, 0.25) is 0 Å². The van der Waals surface area contributed by atoms with Gasteiger partial charge in [0.2, 0.25) is 0 Å². The van der Waals surface area contributed by atoms with Gasteiger partial charge in [0.05, 0.1) is 17.0 Å². The monoisotopic (exact) mass is 262 g/mol. The van der Waals surface area contributed by atoms with Crippen LogP contribution in [0.1, 0.15) is 35.0 Å². The average molecular weight is 262 g/mol. The quantitative estimate of drug-likeness (QED) is 0.846. The Bertz CT molecular complexity index is 493. The van der Waals surface area contributed by atoms with Gasteiger partial charge in [0.25, 0.3) is 5.91 Å². The molecule has 1 heterocycles. The second kappa shape index (κ2) is 5.55. The summed E-state index contributed by atoms with van der Waals surface area (Å²) in [5.41, 5.74) is 6.06. The third kappa shape index (κ3) is 2.92. The highest BCUT2D eigenvalue weighted by atomic mass is 32.1. The Labute approximate surface area is 112 Å². The van der Waals surface area contributed by atoms with Gasteiger partial charge in [0.15, 0.2) is 0 Å². The molecule has 1 unspecified atom stereocenters. The summed E-state index contributed by atoms with van der Waals surface area (Å²) in [6.07, 6.45) is 2.49. The summed E-state index contributed by atoms with van der Waals surface area (Å²) in [6.45, 7) is 2.47. The van der Waals surface area contributed by atoms with Crippen LogP contribution in [0.5, 0.6) is 0 Å². The minimum absolute atomic E-state index is 0.0893. The van der Waals surface area contributed by atoms with E-state index in [-0.39, 0.29) is 5.91 Å². The second-order valence-electron chi connectivity index (χ2n) is 4.70. The molecule has 2 rings (SSSR count). The van der Waals surface area contributed by atoms with Gasteiger partial charge in [-0.05, 0) is 31.7 Å². The van der Waals surface area contributed by atoms with Crippen molar-refractivity contribution in [1.29, 1.82) is 0 Å². The summed E-state index contributed by atoms with van der Waals surface area (Å²) in [5, 5.41) is 1.87. The highest BCUT2D eigenvalue weighted by Crippen LogP contribution is 2.35. The highest BCUT2D eigenvalue weighted by Gasteiger charge is 2.32. The van der Waals surface area contributed by atoms with Gasteiger partial charge in [0.1, 0.15) is 0 Å². The van der Waals surface area contributed by atoms with Crippen LogP contribution in [0.15, 0.2) is 11.4 Å². The maximum atomic E-state index is 12.3. The molecule has 18 heavy (non-hydrogen) atoms. The van der Waals surface area contributed by atoms with Crippen molar-refractivity contribution in [2.24, 2.45) is 11.7 Å². The predicted molar refractivity (Wildman–Crippen MR) is 74.5 cm³/mol. The van der Waals surface area contributed by atoms with Crippen molar-refractivity contribution < 1.29 is 4.79 Å². The molecule has 1 atom stereocenters. The molecule has 3 nitrogen and oxygen atoms in total. The van der Waals surface area contributed by atoms with Gasteiger partial charge < -0.3 is 10.6 Å². The number of carbonyl (C=O) groups is 1. The number of hydrogen-bond donors (Lipinski definition) is 1. The van der Waals surface area contributed by atoms with Crippen LogP contribution in [0.4, 0.5) is 0 Å². The van der Waals surface area contributed by atoms with Gasteiger partial charge in [0, 0.05) is 18.5 Å². The first-order chi connectivity index (χ1) is 8.63. The van der Waals surface area contributed by atoms with E-state index in [1.165, 1.54) is 24.2 Å². The standard InChI is InChI=1S/C14H18N2OS/c1-10(11-5-6-11)16(2)14(17)12-8-13(18-9-12)4-3-7-15/h8-11H,5-7,15H2,1-2H3. The lowest BCUT2D eigenvalue weighted by Crippen LogP contribution is -2.36. The minimum Gasteiger partial charge on any atom is -0.339 e. The number of amides is 1. The lowest BCUT2D eigenvalue weighted by molar-refractivity contribution is 0.0728. The normalized spacial score (nSPS) is 15.7. The molecule has 0 radical (unpaired) electrons. The van der Waals surface area contributed by atoms with Gasteiger partial charge in [-0.25, -0.2) is 0 Å². The van der Waals surface area contributed by atoms with E-state index in [1.54, 1.807) is 0 Å². The van der Waals surface area contributed by atoms with Crippen molar-refractivity contribution >= 4 is 17.2 Å². The van der Waals surface area contributed by atoms with Crippen LogP contribution in [0.25, 0.3) is 0 Å². The minimum atomic E-state index is 0.0893. The first-order valence-corrected chi connectivity index (χ1v) is 7.06. The third-order valence-electron chi connectivity index (χ3n) is 3.40. The zero-order chi connectivity index (χ0) is 13.1. The number of nitrogens with zero attached hydrogens (tertiary/aromatic N) is 1. The summed E-state index contributed by atoms with van der Waals surface area (Å²) in [5.74, 6) is 6.53. The Morgan fingerprint density at radius 2 is 2.39 bits per heavy atom. The Hall–Kier alpha value is -1.31. The molecule has 1 amide bonds. The molecule has 0 aliphatic heterocycles. The van der Waals surface area contributed by atoms with Gasteiger partial charge in [-0.3, -0.25) is 4.79 Å². The van der Waals surface area contributed by atoms with E-state index >= 15 is 0 Å². The number of carbonyl (C=O) groups excluding carboxylic acids is 1. The molecule has 0 bridgehead atoms. The maximum absolute atomic E-state index is 12.3. The fourth-order valence-corrected chi connectivity index (χ4v) is 2.68. The molecular formula is C14H18N2OS. The molecule has 0 spiro atoms. The van der Waals surface area contributed by atoms with Crippen LogP contribution in [-0.2, 0) is 0 Å². The maximum Gasteiger partial charge on any atom is 0.254 e. The number of nitrogens with two attached hydrogens (primary N) is 1. The van der Waals surface area contributed by atoms with E-state index in [9.17, 15) is 4.79 Å². The van der Waals surface area contributed by atoms with E-state index in [1.807, 2.05) is 23.4 Å². The highest BCUT2D eigenvalue weighted by molar-refractivity contribution is 7.10. The van der Waals surface area contributed by atoms with Crippen LogP contribution >= 0.6 is 11.3 Å². The summed E-state index contributed by atoms with van der Waals surface area (Å²) in [6, 6.07) is 2.18. The fourth-order valence-electron chi connectivity index (χ4n) is 1.94. The van der Waals surface area contributed by atoms with Crippen molar-refractivity contribution in [3.05, 3.63) is 21.9 Å². The SMILES string of the molecule is CC(C1CC1)N(C)C(=O)c1csc(C#CCN)c1. The Kier molecular flexibility index (Phi) is 4.05. The second-order valence-corrected chi connectivity index (χ2v) is 5.61. The van der Waals surface area contributed by atoms with E-state index in [4.69, 9.17) is 5.73 Å². The zero-order valence-electron chi connectivity index (χ0n) is 10.8. The molecule has 1 aliphatic carbocycles. The van der Waals surface area contributed by atoms with Crippen molar-refractivity contribution in [1.82, 2.24) is 4.90 Å². The van der Waals surface area contributed by atoms with Crippen molar-refractivity contribution in [2.75, 3.05) is 13.6 Å². The van der Waals surface area contributed by atoms with Crippen LogP contribution in [0, 0.1) is 17.8 Å². The Morgan fingerprint density at radius 3 is 3.00 bits per heavy atom. The topological polar surface area (TPSA) is 46.3 Å². The number of rotatable bonds is 3. The Morgan fingerprint density at radius 1 is 1.67 bits per heavy atom. The van der Waals surface area contributed by atoms with Crippen LogP contribution < -0.4 is 5.73 Å². The molecule has 0 aromatic carbocycles. The third-order valence-corrected chi connectivity index (χ3v) is 4.24. The van der Waals surface area contributed by atoms with E-state index in [2.05, 4.69) is 18.8 Å². The lowest BCUT2D eigenvalue weighted by atomic mass is 10.1. The van der Waals surface area contributed by atoms with Gasteiger partial charge in [-0.15, -0.1) is 11.3 Å². The van der Waals surface area contributed by atoms with E-state index < -0.39 is 0 Å². The van der Waals surface area contributed by atoms with Crippen molar-refractivity contribution in [3.63, 3.8) is 0 Å². The first-order valence-electron chi connectivity index (χ1n) is 6.18. The summed E-state index contributed by atoms with van der Waals surface area (Å²) >= 11 is 1.49. The molecule has 1 saturated carbocycles. The van der Waals surface area contributed by atoms with Crippen molar-refractivity contribution in [3.8, 4) is 11.8 Å². The van der Waals surface area contributed by atoms with Gasteiger partial charge >= 0.3 is 0 Å². The molecule has 1 aliphatic rings. The van der Waals surface area contributed by atoms with Crippen LogP contribution in [0.3, 0.4) is 0 Å². The predicted octanol–water partition coefficient (Wildman–Crippen LogP) is 1.93. The van der Waals surface area contributed by atoms with Crippen LogP contribution in [-0.4, -0.2) is 30.4 Å². The summed E-state index contributed by atoms with van der Waals surface area (Å²) < 4.78 is 0. The van der Waals surface area contributed by atoms with E-state index in [0.29, 0.717) is 18.5 Å². The average Bonchev–Trinajstić information content (AvgIpc) is 3.12. The molecule has 1 aromatic rings. The molecular weight excluding hydrogens is 244 g/mol. The largest absolute Gasteiger partial charge is 0.339 e. The van der Waals surface area contributed by atoms with E-state index in [0.717, 1.165) is 10.4 Å². The molecule has 2 N–H and O–H groups in total. The van der Waals surface area contributed by atoms with Gasteiger partial charge in [-0.1, -0.05) is 11.8 Å². The fraction of sp³-hybridized carbons (Fsp3) is 0.500. The molecule has 1 fully saturated rings. The molecule has 4 heteroatoms. The Balaban J connectivity index is 2.05. The summed E-state index contributed by atoms with van der Waals surface area (Å²) in [7, 11) is 1.88. The lowest BCUT2D eigenvalue weighted by Gasteiger charge is -2.24. The number of thiophene rings is 1. The molecule has 96 valence electrons. The smallest absolute Gasteiger partial charge is 0.254 e. The summed E-state index contributed by atoms with van der Waals surface area (Å²) in [4.78, 5) is 15.0. The molecule has 1 aromatic heterocycles. The van der Waals surface area contributed by atoms with Gasteiger partial charge in [-0.2, -0.15) is 0 Å². The molecule has 0 saturated heterocycles. The zero-order valence-corrected chi connectivity index (χ0v) is 11.6. The first kappa shape index (κ1) is 13.1. The number of hydrogen-bond acceptors (Lipinski definition) is 3.